The second kappa shape index (κ2) is 10.6. The monoisotopic (exact) mass is 592 g/mol. The summed E-state index contributed by atoms with van der Waals surface area (Å²) in [6.07, 6.45) is 2.65. The van der Waals surface area contributed by atoms with Gasteiger partial charge in [-0.05, 0) is 77.7 Å². The van der Waals surface area contributed by atoms with Crippen molar-refractivity contribution >= 4 is 36.9 Å². The van der Waals surface area contributed by atoms with E-state index in [0.717, 1.165) is 0 Å². The highest BCUT2D eigenvalue weighted by molar-refractivity contribution is 7.14. The second-order valence-electron chi connectivity index (χ2n) is 16.5. The Hall–Kier alpha value is -2.43. The zero-order chi connectivity index (χ0) is 31.6. The molecule has 224 valence electrons. The van der Waals surface area contributed by atoms with E-state index in [9.17, 15) is 0 Å². The summed E-state index contributed by atoms with van der Waals surface area (Å²) in [5.74, 6) is 0. The van der Waals surface area contributed by atoms with E-state index >= 15 is 0 Å². The van der Waals surface area contributed by atoms with Crippen LogP contribution in [0.5, 0.6) is 0 Å². The van der Waals surface area contributed by atoms with Crippen LogP contribution in [0.4, 0.5) is 0 Å². The lowest BCUT2D eigenvalue weighted by Crippen LogP contribution is -2.73. The van der Waals surface area contributed by atoms with Crippen molar-refractivity contribution in [3.63, 3.8) is 0 Å². The second-order valence-corrected chi connectivity index (χ2v) is 25.9. The van der Waals surface area contributed by atoms with Crippen LogP contribution in [0.3, 0.4) is 0 Å². The van der Waals surface area contributed by atoms with E-state index in [0.29, 0.717) is 0 Å². The summed E-state index contributed by atoms with van der Waals surface area (Å²) in [5.41, 5.74) is 10.1. The molecule has 1 aliphatic rings. The van der Waals surface area contributed by atoms with Crippen LogP contribution in [-0.2, 0) is 10.8 Å². The lowest BCUT2D eigenvalue weighted by atomic mass is 9.81. The highest BCUT2D eigenvalue weighted by atomic mass is 28.3. The highest BCUT2D eigenvalue weighted by Gasteiger charge is 2.56. The molecule has 0 heterocycles. The van der Waals surface area contributed by atoms with Crippen LogP contribution < -0.4 is 20.7 Å². The molecule has 0 saturated heterocycles. The number of aryl methyl sites for hydroxylation is 2. The van der Waals surface area contributed by atoms with Gasteiger partial charge in [0.05, 0.1) is 8.07 Å². The van der Waals surface area contributed by atoms with Crippen molar-refractivity contribution in [2.24, 2.45) is 0 Å². The van der Waals surface area contributed by atoms with Gasteiger partial charge in [-0.25, -0.2) is 0 Å². The lowest BCUT2D eigenvalue weighted by molar-refractivity contribution is 0.569. The van der Waals surface area contributed by atoms with Crippen molar-refractivity contribution in [2.75, 3.05) is 0 Å². The Kier molecular flexibility index (Phi) is 8.22. The highest BCUT2D eigenvalue weighted by Crippen LogP contribution is 2.53. The molecular weight excluding hydrogens is 537 g/mol. The largest absolute Gasteiger partial charge is 0.161 e. The van der Waals surface area contributed by atoms with E-state index in [1.807, 2.05) is 0 Å². The van der Waals surface area contributed by atoms with Gasteiger partial charge in [-0.3, -0.25) is 0 Å². The molecule has 0 aliphatic heterocycles. The van der Waals surface area contributed by atoms with Crippen LogP contribution in [0.15, 0.2) is 83.5 Å². The maximum atomic E-state index is 2.65. The molecule has 4 rings (SSSR count). The van der Waals surface area contributed by atoms with Crippen molar-refractivity contribution in [3.8, 4) is 0 Å². The van der Waals surface area contributed by atoms with Gasteiger partial charge in [0.1, 0.15) is 0 Å². The molecule has 2 heteroatoms. The molecule has 3 aromatic carbocycles. The summed E-state index contributed by atoms with van der Waals surface area (Å²) >= 11 is 0. The minimum atomic E-state index is -2.75. The number of benzene rings is 3. The van der Waals surface area contributed by atoms with Crippen molar-refractivity contribution in [3.05, 3.63) is 106 Å². The summed E-state index contributed by atoms with van der Waals surface area (Å²) in [6, 6.07) is 25.1. The average molecular weight is 593 g/mol. The maximum Gasteiger partial charge on any atom is 0.161 e. The zero-order valence-corrected chi connectivity index (χ0v) is 31.4. The summed E-state index contributed by atoms with van der Waals surface area (Å²) < 4.78 is 0. The first-order chi connectivity index (χ1) is 19.1. The molecule has 0 aromatic heterocycles. The van der Waals surface area contributed by atoms with Crippen molar-refractivity contribution < 1.29 is 0 Å². The third-order valence-electron chi connectivity index (χ3n) is 10.2. The van der Waals surface area contributed by atoms with Gasteiger partial charge >= 0.3 is 0 Å². The first kappa shape index (κ1) is 32.5. The van der Waals surface area contributed by atoms with Gasteiger partial charge in [0.15, 0.2) is 8.07 Å². The normalized spacial score (nSPS) is 19.6. The molecular formula is C40H56Si2. The molecule has 0 spiro atoms. The van der Waals surface area contributed by atoms with Crippen molar-refractivity contribution in [1.29, 1.82) is 0 Å². The standard InChI is InChI=1S/C40H56Si2/c1-27-20-28(2)22-36(21-27)42(40(12)26-29(3)30(4)31(40)5,35-18-16-34(17-19-35)41(13,14)15)37-24-32(38(6,7)8)23-33(25-37)39(9,10)11/h16-26H,1-15H3. The molecule has 0 fully saturated rings. The van der Waals surface area contributed by atoms with E-state index in [-0.39, 0.29) is 15.9 Å². The number of hydrogen-bond donors (Lipinski definition) is 0. The molecule has 0 nitrogen and oxygen atoms in total. The van der Waals surface area contributed by atoms with Gasteiger partial charge in [0, 0.05) is 5.04 Å². The molecule has 3 aromatic rings. The van der Waals surface area contributed by atoms with E-state index in [1.54, 1.807) is 0 Å². The summed E-state index contributed by atoms with van der Waals surface area (Å²) in [5, 5.41) is 5.98. The molecule has 2 atom stereocenters. The minimum Gasteiger partial charge on any atom is -0.0730 e. The molecule has 42 heavy (non-hydrogen) atoms. The molecule has 0 N–H and O–H groups in total. The fourth-order valence-electron chi connectivity index (χ4n) is 7.25. The fraction of sp³-hybridized carbons (Fsp3) is 0.450. The third kappa shape index (κ3) is 5.50. The van der Waals surface area contributed by atoms with Gasteiger partial charge < -0.3 is 0 Å². The van der Waals surface area contributed by atoms with E-state index in [1.165, 1.54) is 59.7 Å². The Morgan fingerprint density at radius 2 is 0.976 bits per heavy atom. The Bertz CT molecular complexity index is 1510. The van der Waals surface area contributed by atoms with E-state index in [2.05, 4.69) is 169 Å². The van der Waals surface area contributed by atoms with E-state index < -0.39 is 16.1 Å². The van der Waals surface area contributed by atoms with Crippen LogP contribution in [-0.4, -0.2) is 16.1 Å². The number of hydrogen-bond acceptors (Lipinski definition) is 0. The summed E-state index contributed by atoms with van der Waals surface area (Å²) in [7, 11) is -4.20. The predicted octanol–water partition coefficient (Wildman–Crippen LogP) is 8.97. The van der Waals surface area contributed by atoms with Crippen LogP contribution in [0.2, 0.25) is 24.7 Å². The average Bonchev–Trinajstić information content (AvgIpc) is 3.05. The first-order valence-electron chi connectivity index (χ1n) is 15.9. The fourth-order valence-corrected chi connectivity index (χ4v) is 14.7. The quantitative estimate of drug-likeness (QED) is 0.205. The third-order valence-corrected chi connectivity index (χ3v) is 17.8. The molecule has 0 saturated carbocycles. The SMILES string of the molecule is CC1=CC(C)([Si](c2ccc([Si](C)(C)C)cc2)(c2cc(C)cc(C)c2)c2cc(C(C)(C)C)cc(C(C)(C)C)c2)C(C)=C1C. The molecule has 0 radical (unpaired) electrons. The lowest BCUT2D eigenvalue weighted by Gasteiger charge is -2.48. The van der Waals surface area contributed by atoms with Gasteiger partial charge in [0.25, 0.3) is 0 Å². The van der Waals surface area contributed by atoms with Crippen molar-refractivity contribution in [2.45, 2.75) is 119 Å². The Morgan fingerprint density at radius 3 is 1.36 bits per heavy atom. The number of allylic oxidation sites excluding steroid dienone is 4. The van der Waals surface area contributed by atoms with Crippen molar-refractivity contribution in [1.82, 2.24) is 0 Å². The molecule has 0 amide bonds. The Morgan fingerprint density at radius 1 is 0.548 bits per heavy atom. The first-order valence-corrected chi connectivity index (χ1v) is 21.4. The maximum absolute atomic E-state index is 2.75. The molecule has 0 bridgehead atoms. The zero-order valence-electron chi connectivity index (χ0n) is 29.4. The Balaban J connectivity index is 2.32. The topological polar surface area (TPSA) is 0 Å². The van der Waals surface area contributed by atoms with Crippen LogP contribution >= 0.6 is 0 Å². The van der Waals surface area contributed by atoms with Gasteiger partial charge in [0.2, 0.25) is 0 Å². The Labute approximate surface area is 260 Å². The van der Waals surface area contributed by atoms with Crippen LogP contribution in [0, 0.1) is 13.8 Å². The van der Waals surface area contributed by atoms with Gasteiger partial charge in [-0.2, -0.15) is 0 Å². The smallest absolute Gasteiger partial charge is 0.0730 e. The minimum absolute atomic E-state index is 0.0451. The molecule has 2 unspecified atom stereocenters. The molecule has 1 aliphatic carbocycles. The van der Waals surface area contributed by atoms with Gasteiger partial charge in [-0.15, -0.1) is 0 Å². The van der Waals surface area contributed by atoms with Crippen LogP contribution in [0.1, 0.15) is 91.5 Å². The number of rotatable bonds is 5. The summed E-state index contributed by atoms with van der Waals surface area (Å²) in [6.45, 7) is 35.8. The van der Waals surface area contributed by atoms with Crippen LogP contribution in [0.25, 0.3) is 0 Å². The predicted molar refractivity (Wildman–Crippen MR) is 194 cm³/mol. The summed E-state index contributed by atoms with van der Waals surface area (Å²) in [4.78, 5) is 0. The van der Waals surface area contributed by atoms with Gasteiger partial charge in [-0.1, -0.05) is 162 Å². The van der Waals surface area contributed by atoms with E-state index in [4.69, 9.17) is 0 Å².